The van der Waals surface area contributed by atoms with E-state index in [1.807, 2.05) is 73.0 Å². The van der Waals surface area contributed by atoms with Crippen molar-refractivity contribution in [3.8, 4) is 5.75 Å². The standard InChI is InChI=1S/C23H24N2O3S/c1-15-11-12-25(21-9-4-5-10-22(21)29-15)23(26)18-7-6-8-19(13-18)27-14-20-16(2)24-28-17(20)3/h4-10,13,15H,11-12,14H2,1-3H3. The van der Waals surface area contributed by atoms with Crippen molar-refractivity contribution in [2.24, 2.45) is 0 Å². The predicted octanol–water partition coefficient (Wildman–Crippen LogP) is 5.40. The van der Waals surface area contributed by atoms with Crippen LogP contribution in [0.2, 0.25) is 0 Å². The zero-order valence-corrected chi connectivity index (χ0v) is 17.7. The quantitative estimate of drug-likeness (QED) is 0.578. The highest BCUT2D eigenvalue weighted by molar-refractivity contribution is 8.00. The molecule has 5 nitrogen and oxygen atoms in total. The van der Waals surface area contributed by atoms with Crippen LogP contribution in [0.5, 0.6) is 5.75 Å². The maximum atomic E-state index is 13.4. The van der Waals surface area contributed by atoms with Crippen molar-refractivity contribution in [2.45, 2.75) is 43.9 Å². The monoisotopic (exact) mass is 408 g/mol. The Hall–Kier alpha value is -2.73. The summed E-state index contributed by atoms with van der Waals surface area (Å²) in [5.74, 6) is 1.40. The van der Waals surface area contributed by atoms with E-state index >= 15 is 0 Å². The Kier molecular flexibility index (Phi) is 5.62. The maximum absolute atomic E-state index is 13.4. The number of para-hydroxylation sites is 1. The average Bonchev–Trinajstić information content (AvgIpc) is 2.94. The highest BCUT2D eigenvalue weighted by atomic mass is 32.2. The summed E-state index contributed by atoms with van der Waals surface area (Å²) in [4.78, 5) is 16.4. The zero-order chi connectivity index (χ0) is 20.4. The molecule has 2 heterocycles. The van der Waals surface area contributed by atoms with E-state index in [0.717, 1.165) is 34.0 Å². The number of rotatable bonds is 4. The Labute approximate surface area is 175 Å². The molecule has 4 rings (SSSR count). The summed E-state index contributed by atoms with van der Waals surface area (Å²) in [6, 6.07) is 15.5. The van der Waals surface area contributed by atoms with Gasteiger partial charge in [0.1, 0.15) is 18.1 Å². The number of aryl methyl sites for hydroxylation is 2. The topological polar surface area (TPSA) is 55.6 Å². The van der Waals surface area contributed by atoms with E-state index in [0.29, 0.717) is 29.7 Å². The number of hydrogen-bond donors (Lipinski definition) is 0. The first kappa shape index (κ1) is 19.6. The van der Waals surface area contributed by atoms with Crippen LogP contribution in [-0.2, 0) is 6.61 Å². The summed E-state index contributed by atoms with van der Waals surface area (Å²) in [6.45, 7) is 7.03. The number of amides is 1. The molecule has 150 valence electrons. The van der Waals surface area contributed by atoms with Gasteiger partial charge in [-0.15, -0.1) is 11.8 Å². The number of anilines is 1. The maximum Gasteiger partial charge on any atom is 0.258 e. The van der Waals surface area contributed by atoms with E-state index in [9.17, 15) is 4.79 Å². The molecule has 1 amide bonds. The van der Waals surface area contributed by atoms with Crippen LogP contribution in [0, 0.1) is 13.8 Å². The van der Waals surface area contributed by atoms with Gasteiger partial charge in [0.15, 0.2) is 0 Å². The predicted molar refractivity (Wildman–Crippen MR) is 115 cm³/mol. The highest BCUT2D eigenvalue weighted by Crippen LogP contribution is 2.38. The Morgan fingerprint density at radius 3 is 2.86 bits per heavy atom. The van der Waals surface area contributed by atoms with Crippen molar-refractivity contribution < 1.29 is 14.1 Å². The Morgan fingerprint density at radius 2 is 2.07 bits per heavy atom. The molecular formula is C23H24N2O3S. The summed E-state index contributed by atoms with van der Waals surface area (Å²) in [5.41, 5.74) is 3.36. The summed E-state index contributed by atoms with van der Waals surface area (Å²) >= 11 is 1.83. The minimum Gasteiger partial charge on any atom is -0.489 e. The zero-order valence-electron chi connectivity index (χ0n) is 16.8. The fourth-order valence-corrected chi connectivity index (χ4v) is 4.55. The number of carbonyl (C=O) groups is 1. The van der Waals surface area contributed by atoms with E-state index in [-0.39, 0.29) is 5.91 Å². The second-order valence-corrected chi connectivity index (χ2v) is 8.74. The third kappa shape index (κ3) is 4.17. The summed E-state index contributed by atoms with van der Waals surface area (Å²) in [5, 5.41) is 4.42. The first-order chi connectivity index (χ1) is 14.0. The number of ether oxygens (including phenoxy) is 1. The van der Waals surface area contributed by atoms with Crippen LogP contribution in [-0.4, -0.2) is 22.9 Å². The van der Waals surface area contributed by atoms with Crippen LogP contribution in [0.15, 0.2) is 57.9 Å². The molecule has 0 saturated heterocycles. The lowest BCUT2D eigenvalue weighted by Crippen LogP contribution is -2.32. The molecule has 0 radical (unpaired) electrons. The van der Waals surface area contributed by atoms with Gasteiger partial charge in [-0.05, 0) is 50.6 Å². The van der Waals surface area contributed by atoms with Crippen LogP contribution in [0.25, 0.3) is 0 Å². The van der Waals surface area contributed by atoms with Gasteiger partial charge in [0.05, 0.1) is 16.9 Å². The summed E-state index contributed by atoms with van der Waals surface area (Å²) in [7, 11) is 0. The number of nitrogens with zero attached hydrogens (tertiary/aromatic N) is 2. The van der Waals surface area contributed by atoms with E-state index < -0.39 is 0 Å². The van der Waals surface area contributed by atoms with Gasteiger partial charge >= 0.3 is 0 Å². The van der Waals surface area contributed by atoms with Crippen molar-refractivity contribution in [3.05, 3.63) is 71.1 Å². The second-order valence-electron chi connectivity index (χ2n) is 7.26. The molecule has 0 spiro atoms. The fraction of sp³-hybridized carbons (Fsp3) is 0.304. The molecule has 3 aromatic rings. The molecule has 1 unspecified atom stereocenters. The summed E-state index contributed by atoms with van der Waals surface area (Å²) < 4.78 is 11.1. The SMILES string of the molecule is Cc1noc(C)c1COc1cccc(C(=O)N2CCC(C)Sc3ccccc32)c1. The number of benzene rings is 2. The molecule has 29 heavy (non-hydrogen) atoms. The van der Waals surface area contributed by atoms with Crippen LogP contribution in [0.1, 0.15) is 40.7 Å². The van der Waals surface area contributed by atoms with Gasteiger partial charge < -0.3 is 14.2 Å². The number of aromatic nitrogens is 1. The van der Waals surface area contributed by atoms with Gasteiger partial charge in [-0.3, -0.25) is 4.79 Å². The number of carbonyl (C=O) groups excluding carboxylic acids is 1. The number of hydrogen-bond acceptors (Lipinski definition) is 5. The Bertz CT molecular complexity index is 1010. The first-order valence-electron chi connectivity index (χ1n) is 9.75. The van der Waals surface area contributed by atoms with E-state index in [1.165, 1.54) is 0 Å². The van der Waals surface area contributed by atoms with Crippen LogP contribution in [0.3, 0.4) is 0 Å². The molecule has 0 fully saturated rings. The van der Waals surface area contributed by atoms with Gasteiger partial charge in [-0.2, -0.15) is 0 Å². The van der Waals surface area contributed by atoms with Gasteiger partial charge in [-0.25, -0.2) is 0 Å². The van der Waals surface area contributed by atoms with Crippen molar-refractivity contribution in [2.75, 3.05) is 11.4 Å². The van der Waals surface area contributed by atoms with Crippen molar-refractivity contribution in [1.29, 1.82) is 0 Å². The largest absolute Gasteiger partial charge is 0.489 e. The highest BCUT2D eigenvalue weighted by Gasteiger charge is 2.25. The third-order valence-corrected chi connectivity index (χ3v) is 6.37. The fourth-order valence-electron chi connectivity index (χ4n) is 3.44. The van der Waals surface area contributed by atoms with Gasteiger partial charge in [0.25, 0.3) is 5.91 Å². The minimum absolute atomic E-state index is 0.00469. The molecule has 0 saturated carbocycles. The average molecular weight is 409 g/mol. The number of thioether (sulfide) groups is 1. The number of fused-ring (bicyclic) bond motifs is 1. The van der Waals surface area contributed by atoms with Crippen LogP contribution in [0.4, 0.5) is 5.69 Å². The molecule has 2 aromatic carbocycles. The second kappa shape index (κ2) is 8.33. The molecule has 1 aromatic heterocycles. The smallest absolute Gasteiger partial charge is 0.258 e. The van der Waals surface area contributed by atoms with Gasteiger partial charge in [-0.1, -0.05) is 30.3 Å². The van der Waals surface area contributed by atoms with E-state index in [2.05, 4.69) is 18.1 Å². The van der Waals surface area contributed by atoms with Crippen molar-refractivity contribution in [3.63, 3.8) is 0 Å². The van der Waals surface area contributed by atoms with Crippen LogP contribution >= 0.6 is 11.8 Å². The molecular weight excluding hydrogens is 384 g/mol. The lowest BCUT2D eigenvalue weighted by atomic mass is 10.1. The molecule has 1 atom stereocenters. The van der Waals surface area contributed by atoms with Crippen LogP contribution < -0.4 is 9.64 Å². The van der Waals surface area contributed by atoms with E-state index in [4.69, 9.17) is 9.26 Å². The molecule has 0 N–H and O–H groups in total. The summed E-state index contributed by atoms with van der Waals surface area (Å²) in [6.07, 6.45) is 0.952. The molecule has 0 aliphatic carbocycles. The molecule has 0 bridgehead atoms. The van der Waals surface area contributed by atoms with Gasteiger partial charge in [0.2, 0.25) is 0 Å². The normalized spacial score (nSPS) is 16.2. The minimum atomic E-state index is -0.00469. The molecule has 1 aliphatic rings. The Morgan fingerprint density at radius 1 is 1.24 bits per heavy atom. The van der Waals surface area contributed by atoms with Crippen molar-refractivity contribution in [1.82, 2.24) is 5.16 Å². The molecule has 6 heteroatoms. The first-order valence-corrected chi connectivity index (χ1v) is 10.6. The van der Waals surface area contributed by atoms with Crippen molar-refractivity contribution >= 4 is 23.4 Å². The third-order valence-electron chi connectivity index (χ3n) is 5.13. The van der Waals surface area contributed by atoms with Gasteiger partial charge in [0, 0.05) is 22.3 Å². The molecule has 1 aliphatic heterocycles. The lowest BCUT2D eigenvalue weighted by molar-refractivity contribution is 0.0986. The lowest BCUT2D eigenvalue weighted by Gasteiger charge is -2.22. The Balaban J connectivity index is 1.56. The van der Waals surface area contributed by atoms with E-state index in [1.54, 1.807) is 0 Å².